The summed E-state index contributed by atoms with van der Waals surface area (Å²) >= 11 is 0. The fraction of sp³-hybridized carbons (Fsp3) is 0.429. The summed E-state index contributed by atoms with van der Waals surface area (Å²) < 4.78 is 0. The van der Waals surface area contributed by atoms with Crippen molar-refractivity contribution in [2.24, 2.45) is 0 Å². The topological polar surface area (TPSA) is 12.0 Å². The number of hydrogen-bond acceptors (Lipinski definition) is 1. The molecule has 0 spiro atoms. The van der Waals surface area contributed by atoms with E-state index in [1.165, 1.54) is 28.7 Å². The maximum absolute atomic E-state index is 3.41. The second-order valence-electron chi connectivity index (χ2n) is 6.68. The number of rotatable bonds is 2. The number of benzene rings is 2. The van der Waals surface area contributed by atoms with Gasteiger partial charge in [-0.3, -0.25) is 0 Å². The Balaban J connectivity index is 0.000000172. The number of hydrogen-bond donors (Lipinski definition) is 1. The van der Waals surface area contributed by atoms with E-state index in [1.54, 1.807) is 0 Å². The second-order valence-corrected chi connectivity index (χ2v) is 6.68. The van der Waals surface area contributed by atoms with Crippen LogP contribution in [0.3, 0.4) is 0 Å². The maximum atomic E-state index is 3.41. The van der Waals surface area contributed by atoms with E-state index in [9.17, 15) is 0 Å². The molecule has 1 heterocycles. The third-order valence-electron chi connectivity index (χ3n) is 4.25. The summed E-state index contributed by atoms with van der Waals surface area (Å²) in [7, 11) is 0. The molecule has 0 aromatic heterocycles. The minimum absolute atomic E-state index is 0.646. The molecule has 2 aromatic rings. The molecule has 0 unspecified atom stereocenters. The van der Waals surface area contributed by atoms with E-state index in [4.69, 9.17) is 0 Å². The molecular formula is C21H29N. The van der Waals surface area contributed by atoms with Crippen molar-refractivity contribution in [2.45, 2.75) is 52.5 Å². The van der Waals surface area contributed by atoms with E-state index in [2.05, 4.69) is 75.5 Å². The van der Waals surface area contributed by atoms with Crippen LogP contribution >= 0.6 is 0 Å². The van der Waals surface area contributed by atoms with Crippen LogP contribution in [0.1, 0.15) is 61.8 Å². The Morgan fingerprint density at radius 1 is 0.773 bits per heavy atom. The van der Waals surface area contributed by atoms with Crippen LogP contribution in [0.15, 0.2) is 48.5 Å². The predicted molar refractivity (Wildman–Crippen MR) is 96.5 cm³/mol. The van der Waals surface area contributed by atoms with Crippen molar-refractivity contribution in [1.29, 1.82) is 0 Å². The van der Waals surface area contributed by atoms with Crippen molar-refractivity contribution >= 4 is 0 Å². The van der Waals surface area contributed by atoms with Crippen molar-refractivity contribution in [2.75, 3.05) is 6.54 Å². The van der Waals surface area contributed by atoms with Crippen molar-refractivity contribution in [1.82, 2.24) is 5.32 Å². The van der Waals surface area contributed by atoms with Gasteiger partial charge in [0.25, 0.3) is 0 Å². The van der Waals surface area contributed by atoms with Gasteiger partial charge in [-0.1, -0.05) is 76.2 Å². The molecule has 0 saturated carbocycles. The minimum Gasteiger partial charge on any atom is -0.312 e. The van der Waals surface area contributed by atoms with Crippen molar-refractivity contribution in [3.05, 3.63) is 70.8 Å². The average molecular weight is 295 g/mol. The van der Waals surface area contributed by atoms with Crippen LogP contribution in [0, 0.1) is 0 Å². The molecule has 1 nitrogen and oxygen atoms in total. The molecule has 0 aliphatic carbocycles. The minimum atomic E-state index is 0.646. The van der Waals surface area contributed by atoms with E-state index >= 15 is 0 Å². The number of fused-ring (bicyclic) bond motifs is 1. The monoisotopic (exact) mass is 295 g/mol. The normalized spacial score (nSPS) is 13.5. The van der Waals surface area contributed by atoms with Crippen molar-refractivity contribution < 1.29 is 0 Å². The molecule has 0 radical (unpaired) electrons. The first-order chi connectivity index (χ1) is 10.6. The Labute approximate surface area is 135 Å². The SMILES string of the molecule is CC(C)c1ccc2c(c1)CNCC2.CC(C)c1ccccc1. The molecular weight excluding hydrogens is 266 g/mol. The van der Waals surface area contributed by atoms with Crippen LogP contribution in [-0.4, -0.2) is 6.54 Å². The van der Waals surface area contributed by atoms with Gasteiger partial charge >= 0.3 is 0 Å². The molecule has 0 atom stereocenters. The summed E-state index contributed by atoms with van der Waals surface area (Å²) in [5, 5.41) is 3.41. The molecule has 1 N–H and O–H groups in total. The average Bonchev–Trinajstić information content (AvgIpc) is 2.55. The van der Waals surface area contributed by atoms with E-state index in [0.29, 0.717) is 11.8 Å². The van der Waals surface area contributed by atoms with Gasteiger partial charge in [0, 0.05) is 6.54 Å². The Morgan fingerprint density at radius 3 is 2.05 bits per heavy atom. The van der Waals surface area contributed by atoms with Crippen LogP contribution in [-0.2, 0) is 13.0 Å². The zero-order valence-electron chi connectivity index (χ0n) is 14.4. The first kappa shape index (κ1) is 16.8. The maximum Gasteiger partial charge on any atom is 0.0208 e. The third-order valence-corrected chi connectivity index (χ3v) is 4.25. The van der Waals surface area contributed by atoms with E-state index in [-0.39, 0.29) is 0 Å². The molecule has 0 saturated heterocycles. The van der Waals surface area contributed by atoms with E-state index < -0.39 is 0 Å². The molecule has 1 aliphatic rings. The van der Waals surface area contributed by atoms with Crippen LogP contribution < -0.4 is 5.32 Å². The summed E-state index contributed by atoms with van der Waals surface area (Å²) in [5.41, 5.74) is 5.90. The molecule has 0 fully saturated rings. The van der Waals surface area contributed by atoms with E-state index in [0.717, 1.165) is 13.1 Å². The molecule has 22 heavy (non-hydrogen) atoms. The standard InChI is InChI=1S/C12H17N.C9H12/c1-9(2)11-4-3-10-5-6-13-8-12(10)7-11;1-8(2)9-6-4-3-5-7-9/h3-4,7,9,13H,5-6,8H2,1-2H3;3-8H,1-2H3. The highest BCUT2D eigenvalue weighted by Gasteiger charge is 2.09. The first-order valence-corrected chi connectivity index (χ1v) is 8.45. The Bertz CT molecular complexity index is 570. The van der Waals surface area contributed by atoms with Crippen molar-refractivity contribution in [3.8, 4) is 0 Å². The lowest BCUT2D eigenvalue weighted by molar-refractivity contribution is 0.641. The van der Waals surface area contributed by atoms with Crippen LogP contribution in [0.25, 0.3) is 0 Å². The summed E-state index contributed by atoms with van der Waals surface area (Å²) in [6.07, 6.45) is 1.19. The molecule has 1 heteroatoms. The highest BCUT2D eigenvalue weighted by molar-refractivity contribution is 5.34. The van der Waals surface area contributed by atoms with Crippen molar-refractivity contribution in [3.63, 3.8) is 0 Å². The lowest BCUT2D eigenvalue weighted by Crippen LogP contribution is -2.23. The van der Waals surface area contributed by atoms with Crippen LogP contribution in [0.4, 0.5) is 0 Å². The van der Waals surface area contributed by atoms with Gasteiger partial charge in [0.05, 0.1) is 0 Å². The third kappa shape index (κ3) is 4.71. The van der Waals surface area contributed by atoms with Crippen LogP contribution in [0.5, 0.6) is 0 Å². The summed E-state index contributed by atoms with van der Waals surface area (Å²) in [6, 6.07) is 17.4. The van der Waals surface area contributed by atoms with Gasteiger partial charge < -0.3 is 5.32 Å². The second kappa shape index (κ2) is 8.14. The molecule has 118 valence electrons. The molecule has 1 aliphatic heterocycles. The summed E-state index contributed by atoms with van der Waals surface area (Å²) in [5.74, 6) is 1.30. The molecule has 2 aromatic carbocycles. The molecule has 0 bridgehead atoms. The van der Waals surface area contributed by atoms with Gasteiger partial charge in [-0.25, -0.2) is 0 Å². The Kier molecular flexibility index (Phi) is 6.21. The number of nitrogens with one attached hydrogen (secondary N) is 1. The quantitative estimate of drug-likeness (QED) is 0.796. The Morgan fingerprint density at radius 2 is 1.45 bits per heavy atom. The van der Waals surface area contributed by atoms with Gasteiger partial charge in [-0.15, -0.1) is 0 Å². The largest absolute Gasteiger partial charge is 0.312 e. The fourth-order valence-electron chi connectivity index (χ4n) is 2.70. The molecule has 3 rings (SSSR count). The van der Waals surface area contributed by atoms with Gasteiger partial charge in [0.2, 0.25) is 0 Å². The van der Waals surface area contributed by atoms with E-state index in [1.807, 2.05) is 6.07 Å². The predicted octanol–water partition coefficient (Wildman–Crippen LogP) is 5.27. The van der Waals surface area contributed by atoms with Gasteiger partial charge in [-0.2, -0.15) is 0 Å². The highest BCUT2D eigenvalue weighted by Crippen LogP contribution is 2.20. The van der Waals surface area contributed by atoms with Gasteiger partial charge in [0.15, 0.2) is 0 Å². The zero-order chi connectivity index (χ0) is 15.9. The van der Waals surface area contributed by atoms with Crippen LogP contribution in [0.2, 0.25) is 0 Å². The lowest BCUT2D eigenvalue weighted by Gasteiger charge is -2.18. The highest BCUT2D eigenvalue weighted by atomic mass is 14.9. The fourth-order valence-corrected chi connectivity index (χ4v) is 2.70. The Hall–Kier alpha value is -1.60. The summed E-state index contributed by atoms with van der Waals surface area (Å²) in [4.78, 5) is 0. The summed E-state index contributed by atoms with van der Waals surface area (Å²) in [6.45, 7) is 11.1. The smallest absolute Gasteiger partial charge is 0.0208 e. The van der Waals surface area contributed by atoms with Gasteiger partial charge in [0.1, 0.15) is 0 Å². The zero-order valence-corrected chi connectivity index (χ0v) is 14.4. The molecule has 0 amide bonds. The van der Waals surface area contributed by atoms with Gasteiger partial charge in [-0.05, 0) is 47.1 Å². The first-order valence-electron chi connectivity index (χ1n) is 8.45. The lowest BCUT2D eigenvalue weighted by atomic mass is 9.94.